The van der Waals surface area contributed by atoms with E-state index in [1.54, 1.807) is 44.2 Å². The number of carboxylic acid groups (broad SMARTS) is 1. The van der Waals surface area contributed by atoms with Gasteiger partial charge in [-0.15, -0.1) is 0 Å². The Labute approximate surface area is 243 Å². The van der Waals surface area contributed by atoms with Gasteiger partial charge in [-0.25, -0.2) is 9.37 Å². The molecule has 1 aromatic heterocycles. The number of unbranched alkanes of at least 4 members (excludes halogenated alkanes) is 1. The molecule has 3 aromatic rings. The molecular formula is C30H37FN5O6. The second-order valence-electron chi connectivity index (χ2n) is 10.7. The van der Waals surface area contributed by atoms with E-state index in [0.29, 0.717) is 42.3 Å². The summed E-state index contributed by atoms with van der Waals surface area (Å²) in [5.74, 6) is -2.95. The molecule has 0 aliphatic heterocycles. The molecule has 6 N–H and O–H groups in total. The van der Waals surface area contributed by atoms with Crippen molar-refractivity contribution in [2.75, 3.05) is 6.54 Å². The van der Waals surface area contributed by atoms with Crippen LogP contribution in [0.15, 0.2) is 54.7 Å². The zero-order valence-electron chi connectivity index (χ0n) is 23.6. The van der Waals surface area contributed by atoms with Crippen molar-refractivity contribution in [3.63, 3.8) is 0 Å². The Morgan fingerprint density at radius 3 is 2.55 bits per heavy atom. The van der Waals surface area contributed by atoms with Crippen LogP contribution in [0.1, 0.15) is 55.6 Å². The van der Waals surface area contributed by atoms with Gasteiger partial charge in [0.2, 0.25) is 0 Å². The molecule has 0 aliphatic rings. The number of carboxylic acids is 1. The molecule has 3 rings (SSSR count). The van der Waals surface area contributed by atoms with Crippen molar-refractivity contribution >= 4 is 28.8 Å². The van der Waals surface area contributed by atoms with Crippen molar-refractivity contribution in [2.45, 2.75) is 69.7 Å². The zero-order chi connectivity index (χ0) is 30.7. The number of ether oxygens (including phenoxy) is 1. The lowest BCUT2D eigenvalue weighted by Gasteiger charge is -2.28. The van der Waals surface area contributed by atoms with E-state index in [1.165, 1.54) is 18.3 Å². The maximum absolute atomic E-state index is 14.0. The summed E-state index contributed by atoms with van der Waals surface area (Å²) in [6.07, 6.45) is 2.88. The van der Waals surface area contributed by atoms with Crippen LogP contribution < -0.4 is 16.4 Å². The molecule has 2 aromatic carbocycles. The highest BCUT2D eigenvalue weighted by atomic mass is 19.1. The number of nitrogens with two attached hydrogens (primary N) is 1. The molecule has 1 radical (unpaired) electrons. The average Bonchev–Trinajstić information content (AvgIpc) is 2.94. The van der Waals surface area contributed by atoms with E-state index in [2.05, 4.69) is 20.6 Å². The first-order valence-corrected chi connectivity index (χ1v) is 13.7. The van der Waals surface area contributed by atoms with Gasteiger partial charge in [-0.2, -0.15) is 0 Å². The molecule has 12 heteroatoms. The maximum Gasteiger partial charge on any atom is 0.322 e. The number of aliphatic hydroxyl groups is 1. The zero-order valence-corrected chi connectivity index (χ0v) is 23.6. The van der Waals surface area contributed by atoms with Gasteiger partial charge in [-0.3, -0.25) is 19.4 Å². The van der Waals surface area contributed by atoms with Gasteiger partial charge in [-0.1, -0.05) is 37.1 Å². The number of rotatable bonds is 16. The van der Waals surface area contributed by atoms with E-state index in [9.17, 15) is 23.9 Å². The van der Waals surface area contributed by atoms with Crippen molar-refractivity contribution < 1.29 is 33.7 Å². The number of hydrogen-bond acceptors (Lipinski definition) is 8. The van der Waals surface area contributed by atoms with Gasteiger partial charge in [0, 0.05) is 6.54 Å². The van der Waals surface area contributed by atoms with E-state index < -0.39 is 47.4 Å². The Balaban J connectivity index is 1.82. The lowest BCUT2D eigenvalue weighted by Crippen LogP contribution is -2.47. The third kappa shape index (κ3) is 10.8. The predicted octanol–water partition coefficient (Wildman–Crippen LogP) is 2.52. The quantitative estimate of drug-likeness (QED) is 0.159. The van der Waals surface area contributed by atoms with Crippen LogP contribution in [0, 0.1) is 12.4 Å². The molecule has 42 heavy (non-hydrogen) atoms. The number of aromatic nitrogens is 2. The second kappa shape index (κ2) is 15.3. The summed E-state index contributed by atoms with van der Waals surface area (Å²) in [5, 5.41) is 24.3. The largest absolute Gasteiger partial charge is 0.480 e. The first kappa shape index (κ1) is 32.5. The van der Waals surface area contributed by atoms with Gasteiger partial charge < -0.3 is 31.3 Å². The minimum Gasteiger partial charge on any atom is -0.480 e. The van der Waals surface area contributed by atoms with Crippen molar-refractivity contribution in [3.05, 3.63) is 78.4 Å². The third-order valence-electron chi connectivity index (χ3n) is 6.48. The van der Waals surface area contributed by atoms with E-state index >= 15 is 0 Å². The topological polar surface area (TPSA) is 177 Å². The van der Waals surface area contributed by atoms with E-state index in [4.69, 9.17) is 15.6 Å². The maximum atomic E-state index is 14.0. The highest BCUT2D eigenvalue weighted by Crippen LogP contribution is 2.20. The minimum absolute atomic E-state index is 0.0723. The molecule has 2 amide bonds. The highest BCUT2D eigenvalue weighted by Gasteiger charge is 2.27. The fourth-order valence-electron chi connectivity index (χ4n) is 4.26. The number of hydrogen-bond donors (Lipinski definition) is 5. The summed E-state index contributed by atoms with van der Waals surface area (Å²) in [4.78, 5) is 45.4. The summed E-state index contributed by atoms with van der Waals surface area (Å²) < 4.78 is 19.9. The molecule has 3 atom stereocenters. The third-order valence-corrected chi connectivity index (χ3v) is 6.48. The molecule has 1 heterocycles. The first-order valence-electron chi connectivity index (χ1n) is 13.7. The number of para-hydroxylation sites is 2. The van der Waals surface area contributed by atoms with Gasteiger partial charge in [0.05, 0.1) is 35.0 Å². The monoisotopic (exact) mass is 582 g/mol. The molecule has 0 aliphatic carbocycles. The van der Waals surface area contributed by atoms with Gasteiger partial charge in [-0.05, 0) is 62.9 Å². The molecule has 225 valence electrons. The molecule has 0 fully saturated rings. The lowest BCUT2D eigenvalue weighted by atomic mass is 9.94. The van der Waals surface area contributed by atoms with Crippen molar-refractivity contribution in [2.24, 2.45) is 5.73 Å². The van der Waals surface area contributed by atoms with Crippen LogP contribution in [0.25, 0.3) is 11.0 Å². The van der Waals surface area contributed by atoms with E-state index in [-0.39, 0.29) is 18.7 Å². The minimum atomic E-state index is -1.29. The van der Waals surface area contributed by atoms with Crippen LogP contribution in [-0.2, 0) is 20.7 Å². The number of nitrogens with zero attached hydrogens (tertiary/aromatic N) is 2. The lowest BCUT2D eigenvalue weighted by molar-refractivity contribution is -0.138. The van der Waals surface area contributed by atoms with E-state index in [1.807, 2.05) is 6.07 Å². The number of fused-ring (bicyclic) bond motifs is 1. The Morgan fingerprint density at radius 1 is 1.12 bits per heavy atom. The van der Waals surface area contributed by atoms with Gasteiger partial charge in [0.1, 0.15) is 17.6 Å². The van der Waals surface area contributed by atoms with Crippen LogP contribution in [0.5, 0.6) is 0 Å². The number of halogens is 1. The average molecular weight is 583 g/mol. The summed E-state index contributed by atoms with van der Waals surface area (Å²) in [7, 11) is 0. The highest BCUT2D eigenvalue weighted by molar-refractivity contribution is 5.94. The molecule has 0 spiro atoms. The SMILES string of the molecule is CC(C)(O)CCCC[C@H](O[CH]C(=O)NC[C@H](N)C(=O)O)[C@H](Cc1cccc(F)c1)NC(=O)c1cnc2ccccc2n1. The van der Waals surface area contributed by atoms with Crippen LogP contribution >= 0.6 is 0 Å². The molecular weight excluding hydrogens is 545 g/mol. The molecule has 0 saturated carbocycles. The number of nitrogens with one attached hydrogen (secondary N) is 2. The van der Waals surface area contributed by atoms with Crippen LogP contribution in [0.3, 0.4) is 0 Å². The Morgan fingerprint density at radius 2 is 1.86 bits per heavy atom. The van der Waals surface area contributed by atoms with Gasteiger partial charge in [0.15, 0.2) is 6.61 Å². The van der Waals surface area contributed by atoms with Crippen LogP contribution in [0.4, 0.5) is 4.39 Å². The summed E-state index contributed by atoms with van der Waals surface area (Å²) in [6.45, 7) is 4.02. The second-order valence-corrected chi connectivity index (χ2v) is 10.7. The Hall–Kier alpha value is -4.00. The summed E-state index contributed by atoms with van der Waals surface area (Å²) in [6, 6.07) is 11.0. The summed E-state index contributed by atoms with van der Waals surface area (Å²) in [5.41, 5.74) is 6.41. The number of benzene rings is 2. The number of carbonyl (C=O) groups is 3. The Bertz CT molecular complexity index is 1370. The molecule has 0 unspecified atom stereocenters. The molecule has 0 bridgehead atoms. The predicted molar refractivity (Wildman–Crippen MR) is 153 cm³/mol. The van der Waals surface area contributed by atoms with Crippen LogP contribution in [0.2, 0.25) is 0 Å². The van der Waals surface area contributed by atoms with Crippen molar-refractivity contribution in [1.82, 2.24) is 20.6 Å². The van der Waals surface area contributed by atoms with Gasteiger partial charge in [0.25, 0.3) is 11.8 Å². The standard InChI is InChI=1S/C30H37FN5O6/c1-30(2,41)13-6-5-12-26(42-18-27(37)34-16-21(32)29(39)40)24(15-19-8-7-9-20(31)14-19)36-28(38)25-17-33-22-10-3-4-11-23(22)35-25/h3-4,7-11,14,17-18,21,24,26,41H,5-6,12-13,15-16,32H2,1-2H3,(H,34,37)(H,36,38)(H,39,40)/t21-,24-,26-/m0/s1. The first-order chi connectivity index (χ1) is 19.9. The molecule has 11 nitrogen and oxygen atoms in total. The number of aliphatic carboxylic acids is 1. The normalized spacial score (nSPS) is 13.7. The molecule has 0 saturated heterocycles. The fourth-order valence-corrected chi connectivity index (χ4v) is 4.26. The fraction of sp³-hybridized carbons (Fsp3) is 0.400. The summed E-state index contributed by atoms with van der Waals surface area (Å²) >= 11 is 0. The Kier molecular flexibility index (Phi) is 11.8. The van der Waals surface area contributed by atoms with Crippen molar-refractivity contribution in [3.8, 4) is 0 Å². The number of carbonyl (C=O) groups excluding carboxylic acids is 2. The van der Waals surface area contributed by atoms with E-state index in [0.717, 1.165) is 6.61 Å². The number of amides is 2. The van der Waals surface area contributed by atoms with Crippen molar-refractivity contribution in [1.29, 1.82) is 0 Å². The van der Waals surface area contributed by atoms with Gasteiger partial charge >= 0.3 is 5.97 Å². The van der Waals surface area contributed by atoms with Crippen LogP contribution in [-0.4, -0.2) is 68.3 Å². The smallest absolute Gasteiger partial charge is 0.322 e.